The van der Waals surface area contributed by atoms with Gasteiger partial charge in [0.05, 0.1) is 0 Å². The highest BCUT2D eigenvalue weighted by Gasteiger charge is 2.50. The Balaban J connectivity index is 2.25. The van der Waals surface area contributed by atoms with Gasteiger partial charge < -0.3 is 9.47 Å². The van der Waals surface area contributed by atoms with Gasteiger partial charge in [-0.25, -0.2) is 19.4 Å². The maximum atomic E-state index is 11.8. The average molecular weight is 284 g/mol. The first-order chi connectivity index (χ1) is 9.51. The van der Waals surface area contributed by atoms with E-state index in [1.54, 1.807) is 13.8 Å². The monoisotopic (exact) mass is 284 g/mol. The summed E-state index contributed by atoms with van der Waals surface area (Å²) in [6, 6.07) is -1.37. The molecule has 8 heteroatoms. The number of rotatable bonds is 3. The van der Waals surface area contributed by atoms with Gasteiger partial charge in [0.25, 0.3) is 0 Å². The molecule has 2 heterocycles. The van der Waals surface area contributed by atoms with Crippen LogP contribution in [0.3, 0.4) is 0 Å². The number of carbonyl (C=O) groups is 4. The lowest BCUT2D eigenvalue weighted by Crippen LogP contribution is -2.53. The van der Waals surface area contributed by atoms with Crippen LogP contribution in [-0.4, -0.2) is 59.1 Å². The van der Waals surface area contributed by atoms with E-state index in [-0.39, 0.29) is 26.1 Å². The van der Waals surface area contributed by atoms with Crippen LogP contribution >= 0.6 is 0 Å². The van der Waals surface area contributed by atoms with Crippen LogP contribution in [0.1, 0.15) is 26.7 Å². The normalized spacial score (nSPS) is 25.7. The molecule has 0 N–H and O–H groups in total. The van der Waals surface area contributed by atoms with Crippen LogP contribution in [-0.2, 0) is 19.1 Å². The minimum Gasteiger partial charge on any atom is -0.447 e. The van der Waals surface area contributed by atoms with Gasteiger partial charge in [0.2, 0.25) is 11.8 Å². The summed E-state index contributed by atoms with van der Waals surface area (Å²) in [6.07, 6.45) is -1.22. The molecular weight excluding hydrogens is 268 g/mol. The van der Waals surface area contributed by atoms with Crippen molar-refractivity contribution in [3.8, 4) is 0 Å². The molecule has 0 unspecified atom stereocenters. The van der Waals surface area contributed by atoms with Crippen molar-refractivity contribution in [2.75, 3.05) is 13.2 Å². The molecule has 0 radical (unpaired) electrons. The summed E-state index contributed by atoms with van der Waals surface area (Å²) in [6.45, 7) is 3.16. The molecule has 8 nitrogen and oxygen atoms in total. The topological polar surface area (TPSA) is 93.2 Å². The molecule has 2 rings (SSSR count). The average Bonchev–Trinajstić information content (AvgIpc) is 3.00. The van der Waals surface area contributed by atoms with Crippen molar-refractivity contribution < 1.29 is 28.7 Å². The summed E-state index contributed by atoms with van der Waals surface area (Å²) in [5.41, 5.74) is 0. The maximum Gasteiger partial charge on any atom is 0.417 e. The summed E-state index contributed by atoms with van der Waals surface area (Å²) in [7, 11) is 0. The molecule has 110 valence electrons. The Bertz CT molecular complexity index is 421. The number of imide groups is 2. The quantitative estimate of drug-likeness (QED) is 0.749. The lowest BCUT2D eigenvalue weighted by molar-refractivity contribution is -0.133. The Kier molecular flexibility index (Phi) is 3.91. The van der Waals surface area contributed by atoms with E-state index in [0.29, 0.717) is 0 Å². The fraction of sp³-hybridized carbons (Fsp3) is 0.667. The van der Waals surface area contributed by atoms with Gasteiger partial charge in [-0.15, -0.1) is 0 Å². The molecular formula is C12H16N2O6. The lowest BCUT2D eigenvalue weighted by Gasteiger charge is -2.27. The molecule has 2 aliphatic heterocycles. The molecule has 0 saturated carbocycles. The number of carbonyl (C=O) groups excluding carboxylic acids is 4. The minimum atomic E-state index is -0.745. The Hall–Kier alpha value is -2.12. The van der Waals surface area contributed by atoms with Crippen molar-refractivity contribution >= 4 is 24.0 Å². The third kappa shape index (κ3) is 2.21. The molecule has 2 aliphatic rings. The maximum absolute atomic E-state index is 11.8. The summed E-state index contributed by atoms with van der Waals surface area (Å²) >= 11 is 0. The Morgan fingerprint density at radius 1 is 0.950 bits per heavy atom. The number of hydrogen-bond acceptors (Lipinski definition) is 6. The Morgan fingerprint density at radius 2 is 1.30 bits per heavy atom. The zero-order chi connectivity index (χ0) is 14.9. The van der Waals surface area contributed by atoms with Gasteiger partial charge in [-0.3, -0.25) is 9.59 Å². The van der Waals surface area contributed by atoms with Crippen molar-refractivity contribution in [3.05, 3.63) is 0 Å². The number of nitrogens with zero attached hydrogens (tertiary/aromatic N) is 2. The van der Waals surface area contributed by atoms with Gasteiger partial charge >= 0.3 is 12.2 Å². The highest BCUT2D eigenvalue weighted by atomic mass is 16.6. The highest BCUT2D eigenvalue weighted by molar-refractivity contribution is 5.96. The molecule has 0 aromatic heterocycles. The van der Waals surface area contributed by atoms with Crippen molar-refractivity contribution in [1.29, 1.82) is 0 Å². The second-order valence-corrected chi connectivity index (χ2v) is 4.52. The van der Waals surface area contributed by atoms with Crippen LogP contribution in [0.5, 0.6) is 0 Å². The van der Waals surface area contributed by atoms with Gasteiger partial charge in [0.1, 0.15) is 25.3 Å². The molecule has 0 aromatic carbocycles. The van der Waals surface area contributed by atoms with Crippen molar-refractivity contribution in [2.24, 2.45) is 0 Å². The van der Waals surface area contributed by atoms with Gasteiger partial charge in [0, 0.05) is 12.8 Å². The van der Waals surface area contributed by atoms with Crippen LogP contribution in [0.2, 0.25) is 0 Å². The summed E-state index contributed by atoms with van der Waals surface area (Å²) in [4.78, 5) is 48.8. The minimum absolute atomic E-state index is 0.0423. The zero-order valence-corrected chi connectivity index (χ0v) is 11.3. The smallest absolute Gasteiger partial charge is 0.417 e. The third-order valence-electron chi connectivity index (χ3n) is 3.40. The lowest BCUT2D eigenvalue weighted by atomic mass is 10.1. The Morgan fingerprint density at radius 3 is 1.60 bits per heavy atom. The van der Waals surface area contributed by atoms with Gasteiger partial charge in [0.15, 0.2) is 0 Å². The summed E-state index contributed by atoms with van der Waals surface area (Å²) in [5, 5.41) is 0. The molecule has 0 aromatic rings. The van der Waals surface area contributed by atoms with Gasteiger partial charge in [-0.2, -0.15) is 0 Å². The van der Waals surface area contributed by atoms with Crippen LogP contribution in [0.25, 0.3) is 0 Å². The molecule has 20 heavy (non-hydrogen) atoms. The van der Waals surface area contributed by atoms with Crippen LogP contribution < -0.4 is 0 Å². The van der Waals surface area contributed by atoms with Crippen LogP contribution in [0, 0.1) is 0 Å². The van der Waals surface area contributed by atoms with E-state index in [2.05, 4.69) is 0 Å². The first-order valence-electron chi connectivity index (χ1n) is 6.48. The molecule has 0 aliphatic carbocycles. The van der Waals surface area contributed by atoms with Crippen LogP contribution in [0.15, 0.2) is 0 Å². The number of cyclic esters (lactones) is 2. The zero-order valence-electron chi connectivity index (χ0n) is 11.3. The van der Waals surface area contributed by atoms with E-state index >= 15 is 0 Å². The highest BCUT2D eigenvalue weighted by Crippen LogP contribution is 2.25. The predicted molar refractivity (Wildman–Crippen MR) is 64.5 cm³/mol. The standard InChI is InChI=1S/C12H16N2O6/c1-3-9(15)13-7(5-19-11(13)17)8-6-20-12(18)14(8)10(16)4-2/h7-8H,3-6H2,1-2H3/t7-,8-/m1/s1. The van der Waals surface area contributed by atoms with Crippen molar-refractivity contribution in [1.82, 2.24) is 9.80 Å². The third-order valence-corrected chi connectivity index (χ3v) is 3.40. The number of hydrogen-bond donors (Lipinski definition) is 0. The van der Waals surface area contributed by atoms with Crippen molar-refractivity contribution in [2.45, 2.75) is 38.8 Å². The van der Waals surface area contributed by atoms with E-state index in [4.69, 9.17) is 9.47 Å². The largest absolute Gasteiger partial charge is 0.447 e. The van der Waals surface area contributed by atoms with E-state index in [1.165, 1.54) is 0 Å². The fourth-order valence-corrected chi connectivity index (χ4v) is 2.35. The predicted octanol–water partition coefficient (Wildman–Crippen LogP) is 0.501. The molecule has 2 fully saturated rings. The van der Waals surface area contributed by atoms with E-state index in [0.717, 1.165) is 9.80 Å². The van der Waals surface area contributed by atoms with Gasteiger partial charge in [-0.05, 0) is 0 Å². The van der Waals surface area contributed by atoms with Crippen molar-refractivity contribution in [3.63, 3.8) is 0 Å². The molecule has 4 amide bonds. The van der Waals surface area contributed by atoms with Crippen LogP contribution in [0.4, 0.5) is 9.59 Å². The number of ether oxygens (including phenoxy) is 2. The number of amides is 4. The molecule has 0 spiro atoms. The van der Waals surface area contributed by atoms with E-state index in [1.807, 2.05) is 0 Å². The fourth-order valence-electron chi connectivity index (χ4n) is 2.35. The Labute approximate surface area is 115 Å². The second-order valence-electron chi connectivity index (χ2n) is 4.52. The summed E-state index contributed by atoms with van der Waals surface area (Å²) < 4.78 is 9.74. The first kappa shape index (κ1) is 14.3. The SMILES string of the molecule is CCC(=O)N1C(=O)OC[C@@H]1[C@H]1COC(=O)N1C(=O)CC. The molecule has 2 saturated heterocycles. The van der Waals surface area contributed by atoms with Gasteiger partial charge in [-0.1, -0.05) is 13.8 Å². The molecule has 0 bridgehead atoms. The van der Waals surface area contributed by atoms with E-state index in [9.17, 15) is 19.2 Å². The first-order valence-corrected chi connectivity index (χ1v) is 6.48. The van der Waals surface area contributed by atoms with E-state index < -0.39 is 36.1 Å². The summed E-state index contributed by atoms with van der Waals surface area (Å²) in [5.74, 6) is -0.804. The second kappa shape index (κ2) is 5.48. The molecule has 2 atom stereocenters.